The van der Waals surface area contributed by atoms with Crippen molar-refractivity contribution in [2.45, 2.75) is 19.4 Å². The monoisotopic (exact) mass is 260 g/mol. The quantitative estimate of drug-likeness (QED) is 0.861. The van der Waals surface area contributed by atoms with E-state index in [0.29, 0.717) is 17.9 Å². The Bertz CT molecular complexity index is 541. The number of nitrogens with one attached hydrogen (secondary N) is 1. The zero-order valence-corrected chi connectivity index (χ0v) is 10.9. The summed E-state index contributed by atoms with van der Waals surface area (Å²) in [5.74, 6) is 0.341. The highest BCUT2D eigenvalue weighted by molar-refractivity contribution is 5.94. The van der Waals surface area contributed by atoms with Crippen LogP contribution in [0.3, 0.4) is 0 Å². The highest BCUT2D eigenvalue weighted by Crippen LogP contribution is 2.15. The Balaban J connectivity index is 2.04. The molecule has 3 N–H and O–H groups in total. The fraction of sp³-hybridized carbons (Fsp3) is 0.308. The van der Waals surface area contributed by atoms with Crippen molar-refractivity contribution in [3.63, 3.8) is 0 Å². The standard InChI is InChI=1S/C13H16N4O2/c1-13(2,14)7-15-12(18)10-5-3-9(4-6-10)11-16-8-19-17-11/h3-6,8H,7,14H2,1-2H3,(H,15,18). The fourth-order valence-electron chi connectivity index (χ4n) is 1.48. The lowest BCUT2D eigenvalue weighted by Crippen LogP contribution is -2.45. The Morgan fingerprint density at radius 3 is 2.58 bits per heavy atom. The van der Waals surface area contributed by atoms with Gasteiger partial charge in [-0.3, -0.25) is 4.79 Å². The number of hydrogen-bond acceptors (Lipinski definition) is 5. The van der Waals surface area contributed by atoms with Crippen LogP contribution in [0.4, 0.5) is 0 Å². The van der Waals surface area contributed by atoms with Gasteiger partial charge in [-0.15, -0.1) is 0 Å². The minimum atomic E-state index is -0.430. The van der Waals surface area contributed by atoms with Gasteiger partial charge in [-0.05, 0) is 26.0 Å². The molecule has 0 saturated carbocycles. The first-order valence-corrected chi connectivity index (χ1v) is 5.89. The van der Waals surface area contributed by atoms with E-state index in [2.05, 4.69) is 20.0 Å². The first-order valence-electron chi connectivity index (χ1n) is 5.89. The first kappa shape index (κ1) is 13.2. The van der Waals surface area contributed by atoms with Crippen LogP contribution in [-0.2, 0) is 0 Å². The van der Waals surface area contributed by atoms with Crippen molar-refractivity contribution in [2.24, 2.45) is 5.73 Å². The van der Waals surface area contributed by atoms with Gasteiger partial charge in [-0.25, -0.2) is 0 Å². The van der Waals surface area contributed by atoms with Gasteiger partial charge in [-0.2, -0.15) is 4.98 Å². The third-order valence-electron chi connectivity index (χ3n) is 2.47. The normalized spacial score (nSPS) is 11.3. The van der Waals surface area contributed by atoms with E-state index in [0.717, 1.165) is 5.56 Å². The number of carbonyl (C=O) groups is 1. The Morgan fingerprint density at radius 2 is 2.05 bits per heavy atom. The van der Waals surface area contributed by atoms with Gasteiger partial charge in [0, 0.05) is 23.2 Å². The Morgan fingerprint density at radius 1 is 1.37 bits per heavy atom. The van der Waals surface area contributed by atoms with Crippen molar-refractivity contribution < 1.29 is 9.32 Å². The summed E-state index contributed by atoms with van der Waals surface area (Å²) >= 11 is 0. The summed E-state index contributed by atoms with van der Waals surface area (Å²) in [4.78, 5) is 15.8. The van der Waals surface area contributed by atoms with Crippen LogP contribution >= 0.6 is 0 Å². The lowest BCUT2D eigenvalue weighted by Gasteiger charge is -2.18. The van der Waals surface area contributed by atoms with Crippen molar-refractivity contribution in [1.82, 2.24) is 15.5 Å². The summed E-state index contributed by atoms with van der Waals surface area (Å²) < 4.78 is 4.67. The van der Waals surface area contributed by atoms with E-state index in [-0.39, 0.29) is 5.91 Å². The maximum absolute atomic E-state index is 11.9. The Kier molecular flexibility index (Phi) is 3.62. The van der Waals surface area contributed by atoms with E-state index in [1.54, 1.807) is 24.3 Å². The summed E-state index contributed by atoms with van der Waals surface area (Å²) in [6, 6.07) is 6.97. The van der Waals surface area contributed by atoms with Crippen LogP contribution in [0.15, 0.2) is 35.2 Å². The molecule has 1 aromatic heterocycles. The molecule has 1 amide bonds. The summed E-state index contributed by atoms with van der Waals surface area (Å²) in [5, 5.41) is 6.51. The molecule has 0 aliphatic rings. The van der Waals surface area contributed by atoms with E-state index in [1.165, 1.54) is 6.39 Å². The molecule has 6 heteroatoms. The molecule has 0 bridgehead atoms. The molecule has 0 aliphatic heterocycles. The second-order valence-corrected chi connectivity index (χ2v) is 5.00. The third-order valence-corrected chi connectivity index (χ3v) is 2.47. The lowest BCUT2D eigenvalue weighted by atomic mass is 10.1. The van der Waals surface area contributed by atoms with Crippen molar-refractivity contribution in [2.75, 3.05) is 6.54 Å². The van der Waals surface area contributed by atoms with Gasteiger partial charge in [-0.1, -0.05) is 17.3 Å². The van der Waals surface area contributed by atoms with Gasteiger partial charge >= 0.3 is 0 Å². The molecule has 2 aromatic rings. The second kappa shape index (κ2) is 5.19. The zero-order chi connectivity index (χ0) is 13.9. The molecule has 0 unspecified atom stereocenters. The third kappa shape index (κ3) is 3.62. The number of amides is 1. The summed E-state index contributed by atoms with van der Waals surface area (Å²) in [6.45, 7) is 4.12. The van der Waals surface area contributed by atoms with Crippen molar-refractivity contribution in [3.8, 4) is 11.4 Å². The predicted octanol–water partition coefficient (Wildman–Crippen LogP) is 1.20. The molecule has 0 saturated heterocycles. The van der Waals surface area contributed by atoms with Crippen LogP contribution in [0.25, 0.3) is 11.4 Å². The van der Waals surface area contributed by atoms with Crippen LogP contribution < -0.4 is 11.1 Å². The predicted molar refractivity (Wildman–Crippen MR) is 70.3 cm³/mol. The van der Waals surface area contributed by atoms with Crippen molar-refractivity contribution in [1.29, 1.82) is 0 Å². The van der Waals surface area contributed by atoms with E-state index >= 15 is 0 Å². The minimum Gasteiger partial charge on any atom is -0.350 e. The molecule has 0 spiro atoms. The van der Waals surface area contributed by atoms with E-state index in [4.69, 9.17) is 5.73 Å². The first-order chi connectivity index (χ1) is 8.96. The van der Waals surface area contributed by atoms with E-state index in [1.807, 2.05) is 13.8 Å². The highest BCUT2D eigenvalue weighted by Gasteiger charge is 2.13. The van der Waals surface area contributed by atoms with Gasteiger partial charge in [0.05, 0.1) is 0 Å². The second-order valence-electron chi connectivity index (χ2n) is 5.00. The van der Waals surface area contributed by atoms with Gasteiger partial charge < -0.3 is 15.6 Å². The fourth-order valence-corrected chi connectivity index (χ4v) is 1.48. The number of carbonyl (C=O) groups excluding carboxylic acids is 1. The van der Waals surface area contributed by atoms with Crippen LogP contribution in [-0.4, -0.2) is 28.1 Å². The average molecular weight is 260 g/mol. The van der Waals surface area contributed by atoms with Crippen molar-refractivity contribution in [3.05, 3.63) is 36.2 Å². The number of benzene rings is 1. The maximum Gasteiger partial charge on any atom is 0.251 e. The van der Waals surface area contributed by atoms with Crippen LogP contribution in [0, 0.1) is 0 Å². The summed E-state index contributed by atoms with van der Waals surface area (Å²) in [7, 11) is 0. The molecule has 1 aromatic carbocycles. The largest absolute Gasteiger partial charge is 0.350 e. The van der Waals surface area contributed by atoms with Gasteiger partial charge in [0.25, 0.3) is 5.91 Å². The molecule has 0 aliphatic carbocycles. The summed E-state index contributed by atoms with van der Waals surface area (Å²) in [5.41, 5.74) is 6.74. The number of nitrogens with two attached hydrogens (primary N) is 1. The molecular formula is C13H16N4O2. The van der Waals surface area contributed by atoms with Crippen LogP contribution in [0.2, 0.25) is 0 Å². The van der Waals surface area contributed by atoms with E-state index < -0.39 is 5.54 Å². The molecular weight excluding hydrogens is 244 g/mol. The van der Waals surface area contributed by atoms with Gasteiger partial charge in [0.1, 0.15) is 0 Å². The SMILES string of the molecule is CC(C)(N)CNC(=O)c1ccc(-c2ncon2)cc1. The zero-order valence-electron chi connectivity index (χ0n) is 10.9. The lowest BCUT2D eigenvalue weighted by molar-refractivity contribution is 0.0946. The molecule has 0 radical (unpaired) electrons. The van der Waals surface area contributed by atoms with Crippen LogP contribution in [0.5, 0.6) is 0 Å². The van der Waals surface area contributed by atoms with Crippen LogP contribution in [0.1, 0.15) is 24.2 Å². The number of rotatable bonds is 4. The molecule has 0 fully saturated rings. The highest BCUT2D eigenvalue weighted by atomic mass is 16.5. The molecule has 19 heavy (non-hydrogen) atoms. The summed E-state index contributed by atoms with van der Waals surface area (Å²) in [6.07, 6.45) is 1.26. The molecule has 0 atom stereocenters. The number of aromatic nitrogens is 2. The van der Waals surface area contributed by atoms with Gasteiger partial charge in [0.2, 0.25) is 12.2 Å². The maximum atomic E-state index is 11.9. The number of nitrogens with zero attached hydrogens (tertiary/aromatic N) is 2. The topological polar surface area (TPSA) is 94.0 Å². The smallest absolute Gasteiger partial charge is 0.251 e. The van der Waals surface area contributed by atoms with Gasteiger partial charge in [0.15, 0.2) is 0 Å². The Hall–Kier alpha value is -2.21. The minimum absolute atomic E-state index is 0.154. The molecule has 6 nitrogen and oxygen atoms in total. The number of hydrogen-bond donors (Lipinski definition) is 2. The molecule has 1 heterocycles. The average Bonchev–Trinajstić information content (AvgIpc) is 2.89. The van der Waals surface area contributed by atoms with E-state index in [9.17, 15) is 4.79 Å². The molecule has 2 rings (SSSR count). The Labute approximate surface area is 111 Å². The molecule has 100 valence electrons. The van der Waals surface area contributed by atoms with Crippen molar-refractivity contribution >= 4 is 5.91 Å².